The van der Waals surface area contributed by atoms with Crippen LogP contribution >= 0.6 is 0 Å². The monoisotopic (exact) mass is 339 g/mol. The Bertz CT molecular complexity index is 642. The van der Waals surface area contributed by atoms with Gasteiger partial charge in [-0.05, 0) is 24.6 Å². The Morgan fingerprint density at radius 3 is 2.61 bits per heavy atom. The summed E-state index contributed by atoms with van der Waals surface area (Å²) in [6.45, 7) is 4.46. The van der Waals surface area contributed by atoms with Crippen LogP contribution in [0.25, 0.3) is 0 Å². The van der Waals surface area contributed by atoms with Gasteiger partial charge in [0.05, 0.1) is 18.1 Å². The van der Waals surface area contributed by atoms with Crippen LogP contribution in [0.5, 0.6) is 0 Å². The molecular weight excluding hydrogens is 314 g/mol. The SMILES string of the molecule is CN(C)c1cccc(S(=O)(=O)N2CCC(N3CCOCC3)C2)c1. The van der Waals surface area contributed by atoms with Crippen LogP contribution in [0.3, 0.4) is 0 Å². The summed E-state index contributed by atoms with van der Waals surface area (Å²) in [5.74, 6) is 0. The number of anilines is 1. The number of sulfonamides is 1. The van der Waals surface area contributed by atoms with Gasteiger partial charge in [0.25, 0.3) is 0 Å². The molecule has 3 rings (SSSR count). The van der Waals surface area contributed by atoms with Crippen LogP contribution in [0.1, 0.15) is 6.42 Å². The molecule has 1 atom stereocenters. The average Bonchev–Trinajstić information content (AvgIpc) is 3.06. The molecule has 0 N–H and O–H groups in total. The average molecular weight is 339 g/mol. The third-order valence-corrected chi connectivity index (χ3v) is 6.52. The number of hydrogen-bond acceptors (Lipinski definition) is 5. The molecule has 1 unspecified atom stereocenters. The van der Waals surface area contributed by atoms with Crippen molar-refractivity contribution < 1.29 is 13.2 Å². The quantitative estimate of drug-likeness (QED) is 0.814. The predicted molar refractivity (Wildman–Crippen MR) is 90.3 cm³/mol. The second-order valence-corrected chi connectivity index (χ2v) is 8.28. The second kappa shape index (κ2) is 6.76. The first-order chi connectivity index (χ1) is 11.0. The minimum absolute atomic E-state index is 0.311. The smallest absolute Gasteiger partial charge is 0.243 e. The molecule has 2 saturated heterocycles. The second-order valence-electron chi connectivity index (χ2n) is 6.35. The maximum Gasteiger partial charge on any atom is 0.243 e. The lowest BCUT2D eigenvalue weighted by Crippen LogP contribution is -2.45. The Morgan fingerprint density at radius 2 is 1.91 bits per heavy atom. The van der Waals surface area contributed by atoms with Crippen molar-refractivity contribution in [3.63, 3.8) is 0 Å². The molecule has 0 saturated carbocycles. The highest BCUT2D eigenvalue weighted by atomic mass is 32.2. The standard InChI is InChI=1S/C16H25N3O3S/c1-17(2)14-4-3-5-16(12-14)23(20,21)19-7-6-15(13-19)18-8-10-22-11-9-18/h3-5,12,15H,6-11,13H2,1-2H3. The fourth-order valence-corrected chi connectivity index (χ4v) is 4.77. The van der Waals surface area contributed by atoms with E-state index in [9.17, 15) is 8.42 Å². The van der Waals surface area contributed by atoms with Crippen molar-refractivity contribution in [2.75, 3.05) is 58.4 Å². The zero-order valence-electron chi connectivity index (χ0n) is 13.8. The van der Waals surface area contributed by atoms with Gasteiger partial charge in [0.15, 0.2) is 0 Å². The van der Waals surface area contributed by atoms with Gasteiger partial charge >= 0.3 is 0 Å². The number of benzene rings is 1. The fraction of sp³-hybridized carbons (Fsp3) is 0.625. The van der Waals surface area contributed by atoms with E-state index in [0.717, 1.165) is 38.4 Å². The minimum Gasteiger partial charge on any atom is -0.379 e. The van der Waals surface area contributed by atoms with E-state index in [-0.39, 0.29) is 0 Å². The van der Waals surface area contributed by atoms with Crippen molar-refractivity contribution in [2.24, 2.45) is 0 Å². The summed E-state index contributed by atoms with van der Waals surface area (Å²) in [5.41, 5.74) is 0.898. The highest BCUT2D eigenvalue weighted by molar-refractivity contribution is 7.89. The van der Waals surface area contributed by atoms with Gasteiger partial charge < -0.3 is 9.64 Å². The Hall–Kier alpha value is -1.15. The van der Waals surface area contributed by atoms with Crippen LogP contribution in [0.15, 0.2) is 29.2 Å². The third kappa shape index (κ3) is 3.52. The van der Waals surface area contributed by atoms with E-state index >= 15 is 0 Å². The normalized spacial score (nSPS) is 24.0. The maximum absolute atomic E-state index is 12.9. The first-order valence-electron chi connectivity index (χ1n) is 8.08. The van der Waals surface area contributed by atoms with E-state index in [1.54, 1.807) is 22.5 Å². The summed E-state index contributed by atoms with van der Waals surface area (Å²) in [4.78, 5) is 4.65. The first-order valence-corrected chi connectivity index (χ1v) is 9.52. The van der Waals surface area contributed by atoms with E-state index in [1.807, 2.05) is 25.1 Å². The zero-order valence-corrected chi connectivity index (χ0v) is 14.6. The third-order valence-electron chi connectivity index (χ3n) is 4.66. The Kier molecular flexibility index (Phi) is 4.91. The van der Waals surface area contributed by atoms with Crippen LogP contribution in [0, 0.1) is 0 Å². The minimum atomic E-state index is -3.42. The molecule has 0 bridgehead atoms. The highest BCUT2D eigenvalue weighted by Crippen LogP contribution is 2.26. The molecule has 2 aliphatic rings. The maximum atomic E-state index is 12.9. The van der Waals surface area contributed by atoms with Gasteiger partial charge in [0, 0.05) is 52.0 Å². The molecule has 2 aliphatic heterocycles. The summed E-state index contributed by atoms with van der Waals surface area (Å²) in [5, 5.41) is 0. The van der Waals surface area contributed by atoms with Crippen molar-refractivity contribution in [3.05, 3.63) is 24.3 Å². The topological polar surface area (TPSA) is 53.1 Å². The molecule has 0 radical (unpaired) electrons. The molecular formula is C16H25N3O3S. The summed E-state index contributed by atoms with van der Waals surface area (Å²) in [7, 11) is 0.408. The number of hydrogen-bond donors (Lipinski definition) is 0. The van der Waals surface area contributed by atoms with Crippen molar-refractivity contribution in [1.29, 1.82) is 0 Å². The molecule has 7 heteroatoms. The van der Waals surface area contributed by atoms with Gasteiger partial charge in [-0.1, -0.05) is 6.07 Å². The van der Waals surface area contributed by atoms with Gasteiger partial charge in [-0.3, -0.25) is 4.90 Å². The lowest BCUT2D eigenvalue weighted by molar-refractivity contribution is 0.0197. The van der Waals surface area contributed by atoms with Crippen LogP contribution in [0.2, 0.25) is 0 Å². The molecule has 0 aromatic heterocycles. The summed E-state index contributed by atoms with van der Waals surface area (Å²) < 4.78 is 32.8. The van der Waals surface area contributed by atoms with Crippen LogP contribution in [-0.4, -0.2) is 77.2 Å². The molecule has 1 aromatic rings. The summed E-state index contributed by atoms with van der Waals surface area (Å²) in [6, 6.07) is 7.46. The molecule has 0 spiro atoms. The van der Waals surface area contributed by atoms with Crippen LogP contribution in [0.4, 0.5) is 5.69 Å². The van der Waals surface area contributed by atoms with E-state index in [4.69, 9.17) is 4.74 Å². The lowest BCUT2D eigenvalue weighted by atomic mass is 10.2. The number of morpholine rings is 1. The van der Waals surface area contributed by atoms with E-state index in [0.29, 0.717) is 24.0 Å². The number of rotatable bonds is 4. The number of ether oxygens (including phenoxy) is 1. The largest absolute Gasteiger partial charge is 0.379 e. The summed E-state index contributed by atoms with van der Waals surface area (Å²) in [6.07, 6.45) is 0.895. The van der Waals surface area contributed by atoms with Gasteiger partial charge in [-0.2, -0.15) is 4.31 Å². The van der Waals surface area contributed by atoms with Gasteiger partial charge in [-0.15, -0.1) is 0 Å². The molecule has 0 amide bonds. The Labute approximate surface area is 138 Å². The van der Waals surface area contributed by atoms with Crippen LogP contribution in [-0.2, 0) is 14.8 Å². The Balaban J connectivity index is 1.74. The van der Waals surface area contributed by atoms with Gasteiger partial charge in [0.1, 0.15) is 0 Å². The summed E-state index contributed by atoms with van der Waals surface area (Å²) >= 11 is 0. The number of nitrogens with zero attached hydrogens (tertiary/aromatic N) is 3. The lowest BCUT2D eigenvalue weighted by Gasteiger charge is -2.32. The van der Waals surface area contributed by atoms with Gasteiger partial charge in [-0.25, -0.2) is 8.42 Å². The Morgan fingerprint density at radius 1 is 1.17 bits per heavy atom. The molecule has 128 valence electrons. The van der Waals surface area contributed by atoms with Crippen molar-refractivity contribution in [1.82, 2.24) is 9.21 Å². The molecule has 1 aromatic carbocycles. The van der Waals surface area contributed by atoms with E-state index in [1.165, 1.54) is 0 Å². The van der Waals surface area contributed by atoms with Crippen molar-refractivity contribution >= 4 is 15.7 Å². The fourth-order valence-electron chi connectivity index (χ4n) is 3.24. The zero-order chi connectivity index (χ0) is 16.4. The molecule has 0 aliphatic carbocycles. The molecule has 2 heterocycles. The first kappa shape index (κ1) is 16.7. The van der Waals surface area contributed by atoms with Gasteiger partial charge in [0.2, 0.25) is 10.0 Å². The molecule has 2 fully saturated rings. The predicted octanol–water partition coefficient (Wildman–Crippen LogP) is 0.848. The van der Waals surface area contributed by atoms with E-state index in [2.05, 4.69) is 4.90 Å². The molecule has 6 nitrogen and oxygen atoms in total. The van der Waals surface area contributed by atoms with Crippen molar-refractivity contribution in [2.45, 2.75) is 17.4 Å². The van der Waals surface area contributed by atoms with E-state index < -0.39 is 10.0 Å². The van der Waals surface area contributed by atoms with Crippen molar-refractivity contribution in [3.8, 4) is 0 Å². The van der Waals surface area contributed by atoms with Crippen LogP contribution < -0.4 is 4.90 Å². The highest BCUT2D eigenvalue weighted by Gasteiger charge is 2.35. The molecule has 23 heavy (non-hydrogen) atoms.